The fourth-order valence-electron chi connectivity index (χ4n) is 4.34. The molecule has 0 saturated carbocycles. The van der Waals surface area contributed by atoms with E-state index < -0.39 is 17.8 Å². The number of hydrogen-bond acceptors (Lipinski definition) is 3. The number of hydrogen-bond donors (Lipinski definition) is 1. The SMILES string of the molecule is CCc1ccc(N2C(=O)NC(=O)/C(=C/c3cn(Cc4ccc(C)cc4)c4ccccc34)C2=O)cc1. The first-order chi connectivity index (χ1) is 16.9. The van der Waals surface area contributed by atoms with Gasteiger partial charge in [-0.3, -0.25) is 14.9 Å². The van der Waals surface area contributed by atoms with Crippen LogP contribution in [0.3, 0.4) is 0 Å². The number of nitrogens with one attached hydrogen (secondary N) is 1. The summed E-state index contributed by atoms with van der Waals surface area (Å²) in [5, 5.41) is 3.23. The first-order valence-electron chi connectivity index (χ1n) is 11.6. The highest BCUT2D eigenvalue weighted by molar-refractivity contribution is 6.39. The Hall–Kier alpha value is -4.45. The number of barbiturate groups is 1. The van der Waals surface area contributed by atoms with Crippen molar-refractivity contribution in [2.75, 3.05) is 4.90 Å². The second-order valence-electron chi connectivity index (χ2n) is 8.69. The Morgan fingerprint density at radius 2 is 1.54 bits per heavy atom. The Morgan fingerprint density at radius 3 is 2.26 bits per heavy atom. The first-order valence-corrected chi connectivity index (χ1v) is 11.6. The highest BCUT2D eigenvalue weighted by atomic mass is 16.2. The zero-order chi connectivity index (χ0) is 24.5. The van der Waals surface area contributed by atoms with Crippen molar-refractivity contribution < 1.29 is 14.4 Å². The van der Waals surface area contributed by atoms with Gasteiger partial charge in [0, 0.05) is 29.2 Å². The summed E-state index contributed by atoms with van der Waals surface area (Å²) in [6.07, 6.45) is 4.36. The lowest BCUT2D eigenvalue weighted by molar-refractivity contribution is -0.122. The summed E-state index contributed by atoms with van der Waals surface area (Å²) in [5.41, 5.74) is 5.50. The second-order valence-corrected chi connectivity index (χ2v) is 8.69. The number of carbonyl (C=O) groups is 3. The molecule has 0 spiro atoms. The number of aromatic nitrogens is 1. The van der Waals surface area contributed by atoms with Gasteiger partial charge in [0.25, 0.3) is 11.8 Å². The van der Waals surface area contributed by atoms with Crippen molar-refractivity contribution in [1.29, 1.82) is 0 Å². The monoisotopic (exact) mass is 463 g/mol. The van der Waals surface area contributed by atoms with E-state index in [9.17, 15) is 14.4 Å². The molecule has 0 unspecified atom stereocenters. The van der Waals surface area contributed by atoms with E-state index in [4.69, 9.17) is 0 Å². The minimum atomic E-state index is -0.747. The molecule has 1 N–H and O–H groups in total. The summed E-state index contributed by atoms with van der Waals surface area (Å²) in [4.78, 5) is 39.6. The molecule has 0 aliphatic carbocycles. The molecule has 0 radical (unpaired) electrons. The van der Waals surface area contributed by atoms with Crippen LogP contribution in [0.1, 0.15) is 29.2 Å². The first kappa shape index (κ1) is 22.3. The average Bonchev–Trinajstić information content (AvgIpc) is 3.20. The molecule has 1 aliphatic heterocycles. The van der Waals surface area contributed by atoms with Crippen molar-refractivity contribution in [3.8, 4) is 0 Å². The molecule has 2 heterocycles. The fourth-order valence-corrected chi connectivity index (χ4v) is 4.34. The summed E-state index contributed by atoms with van der Waals surface area (Å²) in [6, 6.07) is 22.6. The van der Waals surface area contributed by atoms with Gasteiger partial charge in [0.1, 0.15) is 5.57 Å². The maximum atomic E-state index is 13.3. The van der Waals surface area contributed by atoms with Crippen LogP contribution in [-0.4, -0.2) is 22.4 Å². The number of urea groups is 1. The van der Waals surface area contributed by atoms with Crippen LogP contribution in [0.25, 0.3) is 17.0 Å². The van der Waals surface area contributed by atoms with Crippen molar-refractivity contribution in [2.24, 2.45) is 0 Å². The van der Waals surface area contributed by atoms with Crippen LogP contribution in [0.15, 0.2) is 84.6 Å². The minimum absolute atomic E-state index is 0.0811. The highest BCUT2D eigenvalue weighted by Crippen LogP contribution is 2.27. The largest absolute Gasteiger partial charge is 0.342 e. The third-order valence-corrected chi connectivity index (χ3v) is 6.30. The van der Waals surface area contributed by atoms with E-state index in [1.165, 1.54) is 5.56 Å². The molecule has 6 heteroatoms. The molecule has 1 saturated heterocycles. The van der Waals surface area contributed by atoms with Gasteiger partial charge in [0.05, 0.1) is 5.69 Å². The summed E-state index contributed by atoms with van der Waals surface area (Å²) >= 11 is 0. The van der Waals surface area contributed by atoms with Crippen LogP contribution < -0.4 is 10.2 Å². The molecule has 3 aromatic carbocycles. The number of para-hydroxylation sites is 1. The summed E-state index contributed by atoms with van der Waals surface area (Å²) in [6.45, 7) is 4.73. The molecule has 1 fully saturated rings. The van der Waals surface area contributed by atoms with E-state index in [0.717, 1.165) is 38.9 Å². The lowest BCUT2D eigenvalue weighted by Gasteiger charge is -2.26. The van der Waals surface area contributed by atoms with Gasteiger partial charge in [-0.05, 0) is 48.7 Å². The molecule has 0 atom stereocenters. The quantitative estimate of drug-likeness (QED) is 0.326. The van der Waals surface area contributed by atoms with Crippen LogP contribution in [0.5, 0.6) is 0 Å². The van der Waals surface area contributed by atoms with E-state index in [1.807, 2.05) is 49.5 Å². The van der Waals surface area contributed by atoms with Crippen molar-refractivity contribution in [3.63, 3.8) is 0 Å². The molecule has 0 bridgehead atoms. The number of aryl methyl sites for hydroxylation is 2. The highest BCUT2D eigenvalue weighted by Gasteiger charge is 2.37. The maximum absolute atomic E-state index is 13.3. The molecule has 4 amide bonds. The Labute approximate surface area is 203 Å². The number of amides is 4. The molecular formula is C29H25N3O3. The van der Waals surface area contributed by atoms with Gasteiger partial charge in [-0.25, -0.2) is 9.69 Å². The van der Waals surface area contributed by atoms with Crippen LogP contribution in [0, 0.1) is 6.92 Å². The van der Waals surface area contributed by atoms with Crippen LogP contribution in [-0.2, 0) is 22.6 Å². The summed E-state index contributed by atoms with van der Waals surface area (Å²) in [7, 11) is 0. The van der Waals surface area contributed by atoms with Gasteiger partial charge in [0.2, 0.25) is 0 Å². The van der Waals surface area contributed by atoms with Crippen molar-refractivity contribution in [2.45, 2.75) is 26.8 Å². The summed E-state index contributed by atoms with van der Waals surface area (Å²) in [5.74, 6) is -1.34. The van der Waals surface area contributed by atoms with Gasteiger partial charge >= 0.3 is 6.03 Å². The number of carbonyl (C=O) groups excluding carboxylic acids is 3. The molecular weight excluding hydrogens is 438 g/mol. The smallest absolute Gasteiger partial charge is 0.335 e. The van der Waals surface area contributed by atoms with Crippen molar-refractivity contribution in [1.82, 2.24) is 9.88 Å². The van der Waals surface area contributed by atoms with Crippen LogP contribution in [0.2, 0.25) is 0 Å². The molecule has 6 nitrogen and oxygen atoms in total. The van der Waals surface area contributed by atoms with E-state index in [0.29, 0.717) is 12.2 Å². The average molecular weight is 464 g/mol. The Kier molecular flexibility index (Phi) is 5.79. The number of anilines is 1. The Morgan fingerprint density at radius 1 is 0.857 bits per heavy atom. The minimum Gasteiger partial charge on any atom is -0.342 e. The predicted octanol–water partition coefficient (Wildman–Crippen LogP) is 5.23. The lowest BCUT2D eigenvalue weighted by atomic mass is 10.1. The zero-order valence-corrected chi connectivity index (χ0v) is 19.6. The maximum Gasteiger partial charge on any atom is 0.335 e. The summed E-state index contributed by atoms with van der Waals surface area (Å²) < 4.78 is 2.10. The topological polar surface area (TPSA) is 71.4 Å². The second kappa shape index (κ2) is 9.06. The van der Waals surface area contributed by atoms with Crippen molar-refractivity contribution >= 4 is 40.5 Å². The Balaban J connectivity index is 1.54. The normalized spacial score (nSPS) is 15.2. The molecule has 1 aromatic heterocycles. The third-order valence-electron chi connectivity index (χ3n) is 6.30. The molecule has 1 aliphatic rings. The molecule has 35 heavy (non-hydrogen) atoms. The number of fused-ring (bicyclic) bond motifs is 1. The third kappa shape index (κ3) is 4.26. The predicted molar refractivity (Wildman–Crippen MR) is 137 cm³/mol. The number of imide groups is 2. The van der Waals surface area contributed by atoms with E-state index in [1.54, 1.807) is 18.2 Å². The standard InChI is InChI=1S/C29H25N3O3/c1-3-20-12-14-23(15-13-20)32-28(34)25(27(33)30-29(32)35)16-22-18-31(26-7-5-4-6-24(22)26)17-21-10-8-19(2)9-11-21/h4-16,18H,3,17H2,1-2H3,(H,30,33,35)/b25-16-. The van der Waals surface area contributed by atoms with Crippen molar-refractivity contribution in [3.05, 3.63) is 107 Å². The van der Waals surface area contributed by atoms with Gasteiger partial charge < -0.3 is 4.57 Å². The fraction of sp³-hybridized carbons (Fsp3) is 0.138. The van der Waals surface area contributed by atoms with Gasteiger partial charge in [-0.2, -0.15) is 0 Å². The Bertz CT molecular complexity index is 1480. The number of rotatable bonds is 5. The van der Waals surface area contributed by atoms with E-state index in [2.05, 4.69) is 41.1 Å². The number of nitrogens with zero attached hydrogens (tertiary/aromatic N) is 2. The molecule has 4 aromatic rings. The number of benzene rings is 3. The zero-order valence-electron chi connectivity index (χ0n) is 19.6. The van der Waals surface area contributed by atoms with Gasteiger partial charge in [-0.15, -0.1) is 0 Å². The van der Waals surface area contributed by atoms with Crippen LogP contribution >= 0.6 is 0 Å². The van der Waals surface area contributed by atoms with Gasteiger partial charge in [-0.1, -0.05) is 67.1 Å². The van der Waals surface area contributed by atoms with E-state index >= 15 is 0 Å². The molecule has 5 rings (SSSR count). The lowest BCUT2D eigenvalue weighted by Crippen LogP contribution is -2.54. The van der Waals surface area contributed by atoms with Crippen LogP contribution in [0.4, 0.5) is 10.5 Å². The molecule has 174 valence electrons. The van der Waals surface area contributed by atoms with Gasteiger partial charge in [0.15, 0.2) is 0 Å². The van der Waals surface area contributed by atoms with E-state index in [-0.39, 0.29) is 5.57 Å².